The van der Waals surface area contributed by atoms with Crippen molar-refractivity contribution in [2.45, 2.75) is 38.8 Å². The maximum Gasteiger partial charge on any atom is 0.267 e. The average molecular weight is 380 g/mol. The van der Waals surface area contributed by atoms with Crippen LogP contribution in [0.2, 0.25) is 0 Å². The molecule has 6 nitrogen and oxygen atoms in total. The average Bonchev–Trinajstić information content (AvgIpc) is 2.70. The number of anilines is 1. The fourth-order valence-electron chi connectivity index (χ4n) is 3.19. The predicted octanol–water partition coefficient (Wildman–Crippen LogP) is 3.27. The zero-order valence-electron chi connectivity index (χ0n) is 16.3. The molecule has 0 saturated carbocycles. The third-order valence-electron chi connectivity index (χ3n) is 4.88. The summed E-state index contributed by atoms with van der Waals surface area (Å²) < 4.78 is 5.57. The molecule has 2 unspecified atom stereocenters. The first-order valence-corrected chi connectivity index (χ1v) is 9.32. The van der Waals surface area contributed by atoms with Crippen LogP contribution in [0.5, 0.6) is 5.75 Å². The topological polar surface area (TPSA) is 75.7 Å². The van der Waals surface area contributed by atoms with Gasteiger partial charge in [-0.2, -0.15) is 0 Å². The van der Waals surface area contributed by atoms with E-state index in [0.717, 1.165) is 5.56 Å². The molecule has 1 N–H and O–H groups in total. The Morgan fingerprint density at radius 2 is 1.86 bits per heavy atom. The van der Waals surface area contributed by atoms with Gasteiger partial charge in [-0.25, -0.2) is 0 Å². The molecule has 2 amide bonds. The second-order valence-corrected chi connectivity index (χ2v) is 6.96. The number of rotatable bonds is 6. The first-order chi connectivity index (χ1) is 13.4. The summed E-state index contributed by atoms with van der Waals surface area (Å²) in [5.41, 5.74) is 2.04. The van der Waals surface area contributed by atoms with Gasteiger partial charge in [-0.3, -0.25) is 14.4 Å². The number of nitrogens with zero attached hydrogens (tertiary/aromatic N) is 1. The quantitative estimate of drug-likeness (QED) is 0.781. The predicted molar refractivity (Wildman–Crippen MR) is 107 cm³/mol. The summed E-state index contributed by atoms with van der Waals surface area (Å²) in [6, 6.07) is 14.5. The number of ether oxygens (including phenoxy) is 1. The lowest BCUT2D eigenvalue weighted by Crippen LogP contribution is -2.42. The van der Waals surface area contributed by atoms with Gasteiger partial charge >= 0.3 is 0 Å². The van der Waals surface area contributed by atoms with E-state index in [9.17, 15) is 14.4 Å². The Morgan fingerprint density at radius 3 is 2.57 bits per heavy atom. The zero-order chi connectivity index (χ0) is 20.3. The Kier molecular flexibility index (Phi) is 5.78. The van der Waals surface area contributed by atoms with Gasteiger partial charge in [0.2, 0.25) is 5.91 Å². The Labute approximate surface area is 164 Å². The summed E-state index contributed by atoms with van der Waals surface area (Å²) in [6.45, 7) is 3.60. The Bertz CT molecular complexity index is 895. The van der Waals surface area contributed by atoms with Gasteiger partial charge in [0, 0.05) is 25.5 Å². The largest absolute Gasteiger partial charge is 0.479 e. The highest BCUT2D eigenvalue weighted by molar-refractivity contribution is 6.03. The van der Waals surface area contributed by atoms with Gasteiger partial charge in [0.25, 0.3) is 5.91 Å². The molecule has 6 heteroatoms. The summed E-state index contributed by atoms with van der Waals surface area (Å²) in [4.78, 5) is 38.3. The number of hydrogen-bond acceptors (Lipinski definition) is 4. The van der Waals surface area contributed by atoms with E-state index in [4.69, 9.17) is 4.74 Å². The number of nitrogens with one attached hydrogen (secondary N) is 1. The highest BCUT2D eigenvalue weighted by atomic mass is 16.5. The standard InChI is InChI=1S/C22H24N2O4/c1-14(16-7-5-4-6-8-16)23-21(26)12-10-19(25)17-9-11-20-18(13-17)24(3)22(27)15(2)28-20/h4-9,11,13-15H,10,12H2,1-3H3,(H,23,26). The molecule has 0 aromatic heterocycles. The molecular formula is C22H24N2O4. The van der Waals surface area contributed by atoms with E-state index in [0.29, 0.717) is 17.0 Å². The maximum absolute atomic E-state index is 12.5. The first kappa shape index (κ1) is 19.6. The van der Waals surface area contributed by atoms with Crippen molar-refractivity contribution in [1.29, 1.82) is 0 Å². The molecule has 0 fully saturated rings. The molecule has 1 heterocycles. The number of hydrogen-bond donors (Lipinski definition) is 1. The summed E-state index contributed by atoms with van der Waals surface area (Å²) in [5.74, 6) is 0.0869. The van der Waals surface area contributed by atoms with Gasteiger partial charge in [-0.05, 0) is 37.6 Å². The summed E-state index contributed by atoms with van der Waals surface area (Å²) in [5, 5.41) is 2.91. The van der Waals surface area contributed by atoms with Crippen molar-refractivity contribution in [2.24, 2.45) is 0 Å². The molecule has 3 rings (SSSR count). The molecule has 0 radical (unpaired) electrons. The maximum atomic E-state index is 12.5. The minimum atomic E-state index is -0.547. The lowest BCUT2D eigenvalue weighted by Gasteiger charge is -2.30. The van der Waals surface area contributed by atoms with Crippen molar-refractivity contribution < 1.29 is 19.1 Å². The summed E-state index contributed by atoms with van der Waals surface area (Å²) in [6.07, 6.45) is -0.342. The fraction of sp³-hybridized carbons (Fsp3) is 0.318. The third-order valence-corrected chi connectivity index (χ3v) is 4.88. The van der Waals surface area contributed by atoms with E-state index >= 15 is 0 Å². The fourth-order valence-corrected chi connectivity index (χ4v) is 3.19. The van der Waals surface area contributed by atoms with E-state index in [1.807, 2.05) is 37.3 Å². The molecule has 2 aromatic rings. The molecule has 0 spiro atoms. The van der Waals surface area contributed by atoms with E-state index in [1.54, 1.807) is 32.2 Å². The summed E-state index contributed by atoms with van der Waals surface area (Å²) >= 11 is 0. The van der Waals surface area contributed by atoms with E-state index in [1.165, 1.54) is 4.90 Å². The minimum Gasteiger partial charge on any atom is -0.479 e. The van der Waals surface area contributed by atoms with Gasteiger partial charge in [0.05, 0.1) is 11.7 Å². The molecule has 2 aromatic carbocycles. The molecule has 0 bridgehead atoms. The smallest absolute Gasteiger partial charge is 0.267 e. The van der Waals surface area contributed by atoms with Crippen LogP contribution in [0.4, 0.5) is 5.69 Å². The third kappa shape index (κ3) is 4.22. The Balaban J connectivity index is 1.59. The molecular weight excluding hydrogens is 356 g/mol. The van der Waals surface area contributed by atoms with Crippen LogP contribution in [-0.2, 0) is 9.59 Å². The van der Waals surface area contributed by atoms with Crippen LogP contribution in [0.3, 0.4) is 0 Å². The molecule has 0 saturated heterocycles. The van der Waals surface area contributed by atoms with E-state index in [2.05, 4.69) is 5.32 Å². The van der Waals surface area contributed by atoms with Gasteiger partial charge in [0.15, 0.2) is 11.9 Å². The molecule has 1 aliphatic rings. The van der Waals surface area contributed by atoms with Crippen LogP contribution in [0.25, 0.3) is 0 Å². The molecule has 0 aliphatic carbocycles. The number of likely N-dealkylation sites (N-methyl/N-ethyl adjacent to an activating group) is 1. The normalized spacial score (nSPS) is 16.8. The number of carbonyl (C=O) groups is 3. The highest BCUT2D eigenvalue weighted by Crippen LogP contribution is 2.34. The van der Waals surface area contributed by atoms with Crippen LogP contribution in [0.1, 0.15) is 48.7 Å². The van der Waals surface area contributed by atoms with Crippen molar-refractivity contribution in [2.75, 3.05) is 11.9 Å². The van der Waals surface area contributed by atoms with E-state index < -0.39 is 6.10 Å². The zero-order valence-corrected chi connectivity index (χ0v) is 16.3. The summed E-state index contributed by atoms with van der Waals surface area (Å²) in [7, 11) is 1.66. The second-order valence-electron chi connectivity index (χ2n) is 6.96. The number of ketones is 1. The van der Waals surface area contributed by atoms with Crippen molar-refractivity contribution in [3.63, 3.8) is 0 Å². The van der Waals surface area contributed by atoms with Gasteiger partial charge < -0.3 is 15.0 Å². The van der Waals surface area contributed by atoms with Gasteiger partial charge in [0.1, 0.15) is 5.75 Å². The Hall–Kier alpha value is -3.15. The lowest BCUT2D eigenvalue weighted by molar-refractivity contribution is -0.125. The molecule has 2 atom stereocenters. The van der Waals surface area contributed by atoms with Crippen molar-refractivity contribution in [1.82, 2.24) is 5.32 Å². The number of amides is 2. The monoisotopic (exact) mass is 380 g/mol. The SMILES string of the molecule is CC1Oc2ccc(C(=O)CCC(=O)NC(C)c3ccccc3)cc2N(C)C1=O. The number of carbonyl (C=O) groups excluding carboxylic acids is 3. The molecule has 1 aliphatic heterocycles. The van der Waals surface area contributed by atoms with Crippen LogP contribution in [0, 0.1) is 0 Å². The van der Waals surface area contributed by atoms with Crippen molar-refractivity contribution >= 4 is 23.3 Å². The Morgan fingerprint density at radius 1 is 1.14 bits per heavy atom. The van der Waals surface area contributed by atoms with Crippen LogP contribution >= 0.6 is 0 Å². The minimum absolute atomic E-state index is 0.0983. The number of fused-ring (bicyclic) bond motifs is 1. The second kappa shape index (κ2) is 8.25. The van der Waals surface area contributed by atoms with Gasteiger partial charge in [-0.1, -0.05) is 30.3 Å². The van der Waals surface area contributed by atoms with Crippen LogP contribution in [0.15, 0.2) is 48.5 Å². The molecule has 146 valence electrons. The molecule has 28 heavy (non-hydrogen) atoms. The van der Waals surface area contributed by atoms with Crippen molar-refractivity contribution in [3.05, 3.63) is 59.7 Å². The lowest BCUT2D eigenvalue weighted by atomic mass is 10.0. The highest BCUT2D eigenvalue weighted by Gasteiger charge is 2.29. The van der Waals surface area contributed by atoms with Crippen LogP contribution in [-0.4, -0.2) is 30.7 Å². The number of Topliss-reactive ketones (excluding diaryl/α,β-unsaturated/α-hetero) is 1. The van der Waals surface area contributed by atoms with E-state index in [-0.39, 0.29) is 36.5 Å². The van der Waals surface area contributed by atoms with Crippen LogP contribution < -0.4 is 15.0 Å². The first-order valence-electron chi connectivity index (χ1n) is 9.32. The van der Waals surface area contributed by atoms with Gasteiger partial charge in [-0.15, -0.1) is 0 Å². The number of benzene rings is 2. The van der Waals surface area contributed by atoms with Crippen molar-refractivity contribution in [3.8, 4) is 5.75 Å².